The van der Waals surface area contributed by atoms with E-state index in [1.165, 1.54) is 11.3 Å². The number of hydrogen-bond donors (Lipinski definition) is 1. The Labute approximate surface area is 138 Å². The monoisotopic (exact) mass is 331 g/mol. The second-order valence-corrected chi connectivity index (χ2v) is 6.29. The molecule has 3 rings (SSSR count). The summed E-state index contributed by atoms with van der Waals surface area (Å²) in [5.74, 6) is -0.970. The minimum absolute atomic E-state index is 0.0578. The summed E-state index contributed by atoms with van der Waals surface area (Å²) >= 11 is 1.41. The van der Waals surface area contributed by atoms with E-state index in [4.69, 9.17) is 9.84 Å². The predicted molar refractivity (Wildman–Crippen MR) is 87.7 cm³/mol. The lowest BCUT2D eigenvalue weighted by atomic mass is 10.1. The van der Waals surface area contributed by atoms with E-state index in [-0.39, 0.29) is 12.3 Å². The van der Waals surface area contributed by atoms with Crippen LogP contribution in [0.3, 0.4) is 0 Å². The molecule has 23 heavy (non-hydrogen) atoms. The van der Waals surface area contributed by atoms with Crippen LogP contribution in [0, 0.1) is 0 Å². The number of thiophene rings is 1. The summed E-state index contributed by atoms with van der Waals surface area (Å²) in [7, 11) is 0. The first-order valence-electron chi connectivity index (χ1n) is 7.40. The third-order valence-corrected chi connectivity index (χ3v) is 4.67. The Kier molecular flexibility index (Phi) is 4.73. The minimum Gasteiger partial charge on any atom is -0.481 e. The van der Waals surface area contributed by atoms with Crippen molar-refractivity contribution in [1.82, 2.24) is 4.90 Å². The van der Waals surface area contributed by atoms with E-state index in [0.29, 0.717) is 24.6 Å². The van der Waals surface area contributed by atoms with Crippen LogP contribution in [-0.2, 0) is 9.53 Å². The number of carboxylic acid groups (broad SMARTS) is 1. The third-order valence-electron chi connectivity index (χ3n) is 3.77. The Morgan fingerprint density at radius 3 is 2.78 bits per heavy atom. The second-order valence-electron chi connectivity index (χ2n) is 5.37. The van der Waals surface area contributed by atoms with Crippen molar-refractivity contribution in [3.05, 3.63) is 46.7 Å². The van der Waals surface area contributed by atoms with Gasteiger partial charge in [0.05, 0.1) is 24.0 Å². The molecule has 1 aromatic carbocycles. The second kappa shape index (κ2) is 6.93. The van der Waals surface area contributed by atoms with Gasteiger partial charge in [-0.3, -0.25) is 9.59 Å². The van der Waals surface area contributed by atoms with Gasteiger partial charge in [0.25, 0.3) is 5.91 Å². The average molecular weight is 331 g/mol. The molecule has 0 bridgehead atoms. The quantitative estimate of drug-likeness (QED) is 0.935. The van der Waals surface area contributed by atoms with E-state index >= 15 is 0 Å². The van der Waals surface area contributed by atoms with Gasteiger partial charge in [0.1, 0.15) is 0 Å². The lowest BCUT2D eigenvalue weighted by Gasteiger charge is -2.32. The van der Waals surface area contributed by atoms with Crippen LogP contribution in [0.4, 0.5) is 0 Å². The number of carbonyl (C=O) groups is 2. The highest BCUT2D eigenvalue weighted by Crippen LogP contribution is 2.29. The summed E-state index contributed by atoms with van der Waals surface area (Å²) < 4.78 is 5.43. The summed E-state index contributed by atoms with van der Waals surface area (Å²) in [6.07, 6.45) is -0.523. The normalized spacial score (nSPS) is 17.9. The lowest BCUT2D eigenvalue weighted by molar-refractivity contribution is -0.141. The van der Waals surface area contributed by atoms with E-state index < -0.39 is 12.1 Å². The zero-order chi connectivity index (χ0) is 16.2. The molecular formula is C17H17NO4S. The molecule has 1 aliphatic heterocycles. The van der Waals surface area contributed by atoms with Gasteiger partial charge in [-0.25, -0.2) is 0 Å². The van der Waals surface area contributed by atoms with Crippen molar-refractivity contribution in [3.63, 3.8) is 0 Å². The van der Waals surface area contributed by atoms with E-state index in [9.17, 15) is 9.59 Å². The molecule has 0 radical (unpaired) electrons. The van der Waals surface area contributed by atoms with Gasteiger partial charge in [0, 0.05) is 18.7 Å². The first-order valence-corrected chi connectivity index (χ1v) is 8.28. The third kappa shape index (κ3) is 3.60. The first-order chi connectivity index (χ1) is 11.1. The van der Waals surface area contributed by atoms with Crippen molar-refractivity contribution in [1.29, 1.82) is 0 Å². The molecule has 2 heterocycles. The minimum atomic E-state index is -0.912. The fourth-order valence-corrected chi connectivity index (χ4v) is 3.57. The molecule has 1 aliphatic rings. The van der Waals surface area contributed by atoms with Crippen molar-refractivity contribution in [2.24, 2.45) is 0 Å². The Bertz CT molecular complexity index is 698. The molecule has 1 N–H and O–H groups in total. The number of nitrogens with zero attached hydrogens (tertiary/aromatic N) is 1. The van der Waals surface area contributed by atoms with E-state index in [0.717, 1.165) is 11.1 Å². The van der Waals surface area contributed by atoms with E-state index in [1.54, 1.807) is 4.90 Å². The summed E-state index contributed by atoms with van der Waals surface area (Å²) in [6, 6.07) is 11.7. The molecular weight excluding hydrogens is 314 g/mol. The van der Waals surface area contributed by atoms with E-state index in [1.807, 2.05) is 41.8 Å². The molecule has 0 saturated carbocycles. The molecule has 1 amide bonds. The highest BCUT2D eigenvalue weighted by Gasteiger charge is 2.28. The zero-order valence-corrected chi connectivity index (χ0v) is 13.3. The largest absolute Gasteiger partial charge is 0.481 e. The van der Waals surface area contributed by atoms with Crippen LogP contribution in [0.5, 0.6) is 0 Å². The van der Waals surface area contributed by atoms with Crippen LogP contribution in [0.15, 0.2) is 41.8 Å². The maximum absolute atomic E-state index is 12.8. The molecule has 0 spiro atoms. The van der Waals surface area contributed by atoms with Crippen LogP contribution in [-0.4, -0.2) is 47.7 Å². The Hall–Kier alpha value is -2.18. The number of hydrogen-bond acceptors (Lipinski definition) is 4. The summed E-state index contributed by atoms with van der Waals surface area (Å²) in [5, 5.41) is 10.8. The van der Waals surface area contributed by atoms with Gasteiger partial charge in [0.15, 0.2) is 0 Å². The summed E-state index contributed by atoms with van der Waals surface area (Å²) in [4.78, 5) is 26.0. The van der Waals surface area contributed by atoms with Gasteiger partial charge in [-0.2, -0.15) is 0 Å². The number of ether oxygens (including phenoxy) is 1. The number of carboxylic acids is 1. The Morgan fingerprint density at radius 1 is 1.26 bits per heavy atom. The van der Waals surface area contributed by atoms with Crippen molar-refractivity contribution in [2.75, 3.05) is 19.7 Å². The first kappa shape index (κ1) is 15.7. The van der Waals surface area contributed by atoms with Crippen LogP contribution < -0.4 is 0 Å². The topological polar surface area (TPSA) is 66.8 Å². The van der Waals surface area contributed by atoms with Crippen molar-refractivity contribution in [3.8, 4) is 11.1 Å². The van der Waals surface area contributed by atoms with Gasteiger partial charge in [-0.05, 0) is 17.0 Å². The van der Waals surface area contributed by atoms with Crippen molar-refractivity contribution < 1.29 is 19.4 Å². The maximum Gasteiger partial charge on any atom is 0.306 e. The van der Waals surface area contributed by atoms with Gasteiger partial charge >= 0.3 is 5.97 Å². The summed E-state index contributed by atoms with van der Waals surface area (Å²) in [5.41, 5.74) is 1.93. The highest BCUT2D eigenvalue weighted by molar-refractivity contribution is 7.12. The molecule has 0 aliphatic carbocycles. The average Bonchev–Trinajstić information content (AvgIpc) is 3.04. The van der Waals surface area contributed by atoms with Gasteiger partial charge in [0.2, 0.25) is 0 Å². The smallest absolute Gasteiger partial charge is 0.306 e. The molecule has 6 heteroatoms. The standard InChI is InChI=1S/C17H17NO4S/c19-15(20)10-13-11-18(7-8-22-13)17(21)16-14(6-9-23-16)12-4-2-1-3-5-12/h1-6,9,13H,7-8,10-11H2,(H,19,20). The molecule has 1 unspecified atom stereocenters. The number of rotatable bonds is 4. The van der Waals surface area contributed by atoms with Crippen LogP contribution in [0.2, 0.25) is 0 Å². The molecule has 120 valence electrons. The number of carbonyl (C=O) groups excluding carboxylic acids is 1. The van der Waals surface area contributed by atoms with Gasteiger partial charge in [-0.15, -0.1) is 11.3 Å². The highest BCUT2D eigenvalue weighted by atomic mass is 32.1. The molecule has 1 saturated heterocycles. The maximum atomic E-state index is 12.8. The Balaban J connectivity index is 1.79. The van der Waals surface area contributed by atoms with Crippen LogP contribution in [0.25, 0.3) is 11.1 Å². The SMILES string of the molecule is O=C(O)CC1CN(C(=O)c2sccc2-c2ccccc2)CCO1. The van der Waals surface area contributed by atoms with Gasteiger partial charge in [-0.1, -0.05) is 30.3 Å². The van der Waals surface area contributed by atoms with Crippen LogP contribution >= 0.6 is 11.3 Å². The summed E-state index contributed by atoms with van der Waals surface area (Å²) in [6.45, 7) is 1.17. The number of amides is 1. The molecule has 5 nitrogen and oxygen atoms in total. The van der Waals surface area contributed by atoms with Crippen molar-refractivity contribution in [2.45, 2.75) is 12.5 Å². The molecule has 1 aromatic heterocycles. The number of morpholine rings is 1. The molecule has 2 aromatic rings. The zero-order valence-electron chi connectivity index (χ0n) is 12.5. The number of benzene rings is 1. The van der Waals surface area contributed by atoms with Gasteiger partial charge < -0.3 is 14.7 Å². The number of aliphatic carboxylic acids is 1. The lowest BCUT2D eigenvalue weighted by Crippen LogP contribution is -2.46. The Morgan fingerprint density at radius 2 is 2.04 bits per heavy atom. The van der Waals surface area contributed by atoms with E-state index in [2.05, 4.69) is 0 Å². The molecule has 1 atom stereocenters. The fraction of sp³-hybridized carbons (Fsp3) is 0.294. The van der Waals surface area contributed by atoms with Crippen molar-refractivity contribution >= 4 is 23.2 Å². The fourth-order valence-electron chi connectivity index (χ4n) is 2.69. The van der Waals surface area contributed by atoms with Crippen LogP contribution in [0.1, 0.15) is 16.1 Å². The molecule has 1 fully saturated rings. The predicted octanol–water partition coefficient (Wildman–Crippen LogP) is 2.73.